The average Bonchev–Trinajstić information content (AvgIpc) is 2.73. The van der Waals surface area contributed by atoms with Crippen molar-refractivity contribution in [1.82, 2.24) is 10.2 Å². The van der Waals surface area contributed by atoms with Crippen LogP contribution in [0.1, 0.15) is 0 Å². The van der Waals surface area contributed by atoms with Gasteiger partial charge in [0.05, 0.1) is 16.6 Å². The summed E-state index contributed by atoms with van der Waals surface area (Å²) in [6.45, 7) is 0. The van der Waals surface area contributed by atoms with Gasteiger partial charge < -0.3 is 0 Å². The number of hydrogen-bond donors (Lipinski definition) is 2. The molecule has 0 aliphatic carbocycles. The highest BCUT2D eigenvalue weighted by atomic mass is 35.5. The predicted octanol–water partition coefficient (Wildman–Crippen LogP) is 2.03. The van der Waals surface area contributed by atoms with Gasteiger partial charge in [-0.25, -0.2) is 0 Å². The molecule has 0 radical (unpaired) electrons. The zero-order valence-electron chi connectivity index (χ0n) is 8.40. The molecule has 0 fully saturated rings. The van der Waals surface area contributed by atoms with Gasteiger partial charge in [-0.1, -0.05) is 17.7 Å². The Morgan fingerprint density at radius 3 is 2.88 bits per heavy atom. The summed E-state index contributed by atoms with van der Waals surface area (Å²) in [4.78, 5) is 0. The Bertz CT molecular complexity index is 656. The maximum Gasteiger partial charge on any atom is 0.237 e. The highest BCUT2D eigenvalue weighted by molar-refractivity contribution is 6.35. The molecule has 82 valence electrons. The van der Waals surface area contributed by atoms with E-state index in [0.29, 0.717) is 21.7 Å². The molecule has 0 aliphatic heterocycles. The number of halogens is 1. The number of aromatic amines is 1. The fourth-order valence-electron chi connectivity index (χ4n) is 1.31. The van der Waals surface area contributed by atoms with E-state index in [0.717, 1.165) is 0 Å². The molecule has 0 saturated carbocycles. The summed E-state index contributed by atoms with van der Waals surface area (Å²) in [5, 5.41) is 28.4. The van der Waals surface area contributed by atoms with Gasteiger partial charge in [0, 0.05) is 0 Å². The molecule has 2 aromatic rings. The number of anilines is 1. The quantitative estimate of drug-likeness (QED) is 0.623. The van der Waals surface area contributed by atoms with E-state index in [2.05, 4.69) is 20.7 Å². The second-order valence-electron chi connectivity index (χ2n) is 3.03. The summed E-state index contributed by atoms with van der Waals surface area (Å²) in [6.07, 6.45) is 0. The third kappa shape index (κ3) is 2.03. The molecule has 0 atom stereocenters. The topological polar surface area (TPSA) is 101 Å². The molecule has 0 unspecified atom stereocenters. The smallest absolute Gasteiger partial charge is 0.237 e. The third-order valence-corrected chi connectivity index (χ3v) is 2.31. The van der Waals surface area contributed by atoms with Crippen molar-refractivity contribution in [3.8, 4) is 12.1 Å². The minimum atomic E-state index is -0.262. The standard InChI is InChI=1S/C10H5ClN6/c11-10-9-7(15-14-6(4-12)5-13)2-1-3-8(9)16-17-10/h1-3,15H,(H,16,17). The first kappa shape index (κ1) is 10.9. The van der Waals surface area contributed by atoms with Crippen LogP contribution in [0.25, 0.3) is 10.9 Å². The summed E-state index contributed by atoms with van der Waals surface area (Å²) in [5.41, 5.74) is 3.60. The third-order valence-electron chi connectivity index (χ3n) is 2.04. The van der Waals surface area contributed by atoms with Crippen LogP contribution in [0.2, 0.25) is 5.15 Å². The zero-order chi connectivity index (χ0) is 12.3. The number of hydrogen-bond acceptors (Lipinski definition) is 5. The lowest BCUT2D eigenvalue weighted by molar-refractivity contribution is 1.12. The number of hydrazone groups is 1. The molecular formula is C10H5ClN6. The Morgan fingerprint density at radius 2 is 2.18 bits per heavy atom. The maximum atomic E-state index is 8.54. The molecule has 1 heterocycles. The normalized spacial score (nSPS) is 9.35. The van der Waals surface area contributed by atoms with E-state index in [-0.39, 0.29) is 5.71 Å². The van der Waals surface area contributed by atoms with Crippen LogP contribution in [0.3, 0.4) is 0 Å². The molecular weight excluding hydrogens is 240 g/mol. The van der Waals surface area contributed by atoms with Crippen LogP contribution in [0, 0.1) is 22.7 Å². The molecule has 0 saturated heterocycles. The van der Waals surface area contributed by atoms with E-state index in [1.807, 2.05) is 0 Å². The summed E-state index contributed by atoms with van der Waals surface area (Å²) < 4.78 is 0. The lowest BCUT2D eigenvalue weighted by Crippen LogP contribution is -1.96. The van der Waals surface area contributed by atoms with Crippen molar-refractivity contribution in [2.24, 2.45) is 5.10 Å². The van der Waals surface area contributed by atoms with E-state index < -0.39 is 0 Å². The summed E-state index contributed by atoms with van der Waals surface area (Å²) in [5.74, 6) is 0. The van der Waals surface area contributed by atoms with Crippen LogP contribution >= 0.6 is 11.6 Å². The molecule has 7 heteroatoms. The number of nitriles is 2. The van der Waals surface area contributed by atoms with Gasteiger partial charge in [0.2, 0.25) is 5.71 Å². The monoisotopic (exact) mass is 244 g/mol. The largest absolute Gasteiger partial charge is 0.276 e. The van der Waals surface area contributed by atoms with E-state index in [9.17, 15) is 0 Å². The van der Waals surface area contributed by atoms with Crippen molar-refractivity contribution in [1.29, 1.82) is 10.5 Å². The van der Waals surface area contributed by atoms with Gasteiger partial charge in [0.1, 0.15) is 17.3 Å². The molecule has 2 rings (SSSR count). The predicted molar refractivity (Wildman–Crippen MR) is 63.4 cm³/mol. The molecule has 1 aromatic heterocycles. The van der Waals surface area contributed by atoms with E-state index in [4.69, 9.17) is 22.1 Å². The molecule has 0 amide bonds. The van der Waals surface area contributed by atoms with Gasteiger partial charge in [-0.3, -0.25) is 10.5 Å². The van der Waals surface area contributed by atoms with Crippen molar-refractivity contribution in [3.63, 3.8) is 0 Å². The first-order chi connectivity index (χ1) is 8.26. The van der Waals surface area contributed by atoms with Gasteiger partial charge in [-0.15, -0.1) is 0 Å². The minimum absolute atomic E-state index is 0.262. The average molecular weight is 245 g/mol. The fourth-order valence-corrected chi connectivity index (χ4v) is 1.55. The number of nitrogens with zero attached hydrogens (tertiary/aromatic N) is 4. The fraction of sp³-hybridized carbons (Fsp3) is 0. The number of rotatable bonds is 2. The van der Waals surface area contributed by atoms with Crippen LogP contribution in [0.5, 0.6) is 0 Å². The van der Waals surface area contributed by atoms with Crippen molar-refractivity contribution in [3.05, 3.63) is 23.4 Å². The Hall–Kier alpha value is -2.57. The van der Waals surface area contributed by atoms with E-state index in [1.54, 1.807) is 30.3 Å². The SMILES string of the molecule is N#CC(C#N)=NNc1cccc2n[nH]c(Cl)c12. The lowest BCUT2D eigenvalue weighted by atomic mass is 10.2. The van der Waals surface area contributed by atoms with Crippen LogP contribution in [-0.2, 0) is 0 Å². The Morgan fingerprint density at radius 1 is 1.41 bits per heavy atom. The van der Waals surface area contributed by atoms with E-state index in [1.165, 1.54) is 0 Å². The Labute approximate surface area is 101 Å². The van der Waals surface area contributed by atoms with E-state index >= 15 is 0 Å². The molecule has 0 bridgehead atoms. The summed E-state index contributed by atoms with van der Waals surface area (Å²) in [6, 6.07) is 8.56. The van der Waals surface area contributed by atoms with Gasteiger partial charge in [0.15, 0.2) is 0 Å². The lowest BCUT2D eigenvalue weighted by Gasteiger charge is -2.00. The van der Waals surface area contributed by atoms with Crippen LogP contribution in [-0.4, -0.2) is 15.9 Å². The maximum absolute atomic E-state index is 8.54. The van der Waals surface area contributed by atoms with Crippen LogP contribution < -0.4 is 5.43 Å². The van der Waals surface area contributed by atoms with Crippen molar-refractivity contribution in [2.75, 3.05) is 5.43 Å². The molecule has 0 spiro atoms. The molecule has 0 aliphatic rings. The van der Waals surface area contributed by atoms with Crippen molar-refractivity contribution < 1.29 is 0 Å². The van der Waals surface area contributed by atoms with Gasteiger partial charge in [-0.2, -0.15) is 20.7 Å². The number of benzene rings is 1. The number of aromatic nitrogens is 2. The van der Waals surface area contributed by atoms with Crippen molar-refractivity contribution in [2.45, 2.75) is 0 Å². The van der Waals surface area contributed by atoms with Gasteiger partial charge in [0.25, 0.3) is 0 Å². The minimum Gasteiger partial charge on any atom is -0.276 e. The first-order valence-corrected chi connectivity index (χ1v) is 4.90. The Balaban J connectivity index is 2.44. The molecule has 6 nitrogen and oxygen atoms in total. The highest BCUT2D eigenvalue weighted by Gasteiger charge is 2.07. The zero-order valence-corrected chi connectivity index (χ0v) is 9.15. The molecule has 17 heavy (non-hydrogen) atoms. The first-order valence-electron chi connectivity index (χ1n) is 4.52. The number of fused-ring (bicyclic) bond motifs is 1. The second-order valence-corrected chi connectivity index (χ2v) is 3.41. The summed E-state index contributed by atoms with van der Waals surface area (Å²) in [7, 11) is 0. The molecule has 2 N–H and O–H groups in total. The number of H-pyrrole nitrogens is 1. The van der Waals surface area contributed by atoms with Crippen LogP contribution in [0.15, 0.2) is 23.3 Å². The Kier molecular flexibility index (Phi) is 2.91. The molecule has 1 aromatic carbocycles. The summed E-state index contributed by atoms with van der Waals surface area (Å²) >= 11 is 5.92. The number of nitrogens with one attached hydrogen (secondary N) is 2. The second kappa shape index (κ2) is 4.52. The van der Waals surface area contributed by atoms with Crippen molar-refractivity contribution >= 4 is 33.9 Å². The van der Waals surface area contributed by atoms with Crippen LogP contribution in [0.4, 0.5) is 5.69 Å². The van der Waals surface area contributed by atoms with Gasteiger partial charge >= 0.3 is 0 Å². The highest BCUT2D eigenvalue weighted by Crippen LogP contribution is 2.28. The van der Waals surface area contributed by atoms with Gasteiger partial charge in [-0.05, 0) is 12.1 Å².